The maximum atomic E-state index is 15.1. The van der Waals surface area contributed by atoms with E-state index in [1.54, 1.807) is 0 Å². The van der Waals surface area contributed by atoms with E-state index in [1.165, 1.54) is 23.0 Å². The first-order valence-corrected chi connectivity index (χ1v) is 9.85. The summed E-state index contributed by atoms with van der Waals surface area (Å²) in [5.74, 6) is 4.40. The lowest BCUT2D eigenvalue weighted by Gasteiger charge is -2.30. The van der Waals surface area contributed by atoms with Crippen LogP contribution >= 0.6 is 24.0 Å². The number of rotatable bonds is 4. The van der Waals surface area contributed by atoms with Crippen LogP contribution in [0, 0.1) is 28.9 Å². The van der Waals surface area contributed by atoms with Crippen molar-refractivity contribution in [1.82, 2.24) is 19.6 Å². The summed E-state index contributed by atoms with van der Waals surface area (Å²) in [6, 6.07) is 2.25. The lowest BCUT2D eigenvalue weighted by molar-refractivity contribution is 0.358. The van der Waals surface area contributed by atoms with Gasteiger partial charge in [0.1, 0.15) is 28.9 Å². The van der Waals surface area contributed by atoms with Crippen LogP contribution in [0.4, 0.5) is 14.6 Å². The number of hydrogen-bond acceptors (Lipinski definition) is 5. The monoisotopic (exact) mass is 468 g/mol. The van der Waals surface area contributed by atoms with Crippen molar-refractivity contribution in [3.8, 4) is 23.0 Å². The summed E-state index contributed by atoms with van der Waals surface area (Å²) in [5, 5.41) is 7.36. The van der Waals surface area contributed by atoms with Crippen molar-refractivity contribution in [1.29, 1.82) is 0 Å². The minimum atomic E-state index is -0.804. The summed E-state index contributed by atoms with van der Waals surface area (Å²) < 4.78 is 31.5. The summed E-state index contributed by atoms with van der Waals surface area (Å²) in [7, 11) is 0. The first kappa shape index (κ1) is 24.8. The lowest BCUT2D eigenvalue weighted by Crippen LogP contribution is -2.32. The predicted molar refractivity (Wildman–Crippen MR) is 121 cm³/mol. The molecule has 0 fully saturated rings. The second kappa shape index (κ2) is 9.77. The summed E-state index contributed by atoms with van der Waals surface area (Å²) in [6.45, 7) is 8.46. The Labute approximate surface area is 191 Å². The second-order valence-electron chi connectivity index (χ2n) is 7.99. The van der Waals surface area contributed by atoms with Gasteiger partial charge in [0.15, 0.2) is 0 Å². The summed E-state index contributed by atoms with van der Waals surface area (Å²) >= 11 is 6.38. The van der Waals surface area contributed by atoms with Crippen molar-refractivity contribution in [2.24, 2.45) is 11.1 Å². The highest BCUT2D eigenvalue weighted by molar-refractivity contribution is 6.33. The molecule has 3 rings (SSSR count). The number of hydrogen-bond donors (Lipinski definition) is 2. The van der Waals surface area contributed by atoms with Gasteiger partial charge < -0.3 is 11.1 Å². The summed E-state index contributed by atoms with van der Waals surface area (Å²) in [4.78, 5) is 8.19. The standard InChI is InChI=1S/C21H23ClF2N6.ClH/c1-12(21(2,3)4)28-19-17(18(22)29-20-26-11-27-30(19)20)16-14(23)9-13(10-15(16)24)7-5-6-8-25;/h9-12,28H,6,8,25H2,1-4H3;1H/t12-;/m1./s1. The minimum absolute atomic E-state index is 0. The molecule has 2 heterocycles. The molecule has 0 aliphatic rings. The van der Waals surface area contributed by atoms with E-state index in [0.29, 0.717) is 18.8 Å². The normalized spacial score (nSPS) is 12.1. The van der Waals surface area contributed by atoms with Crippen molar-refractivity contribution in [2.75, 3.05) is 11.9 Å². The molecule has 31 heavy (non-hydrogen) atoms. The molecular formula is C21H24Cl2F2N6. The third-order valence-corrected chi connectivity index (χ3v) is 5.10. The Kier molecular flexibility index (Phi) is 7.82. The van der Waals surface area contributed by atoms with Crippen LogP contribution in [0.3, 0.4) is 0 Å². The molecule has 6 nitrogen and oxygen atoms in total. The van der Waals surface area contributed by atoms with Crippen LogP contribution in [0.1, 0.15) is 39.7 Å². The quantitative estimate of drug-likeness (QED) is 0.428. The number of nitrogens with two attached hydrogens (primary N) is 1. The van der Waals surface area contributed by atoms with E-state index in [9.17, 15) is 0 Å². The molecule has 0 amide bonds. The SMILES string of the molecule is C[C@@H](Nc1c(-c2c(F)cc(C#CCCN)cc2F)c(Cl)nc2ncnn12)C(C)(C)C.Cl. The summed E-state index contributed by atoms with van der Waals surface area (Å²) in [6.07, 6.45) is 1.74. The number of benzene rings is 1. The molecule has 0 saturated carbocycles. The zero-order chi connectivity index (χ0) is 22.1. The van der Waals surface area contributed by atoms with E-state index in [-0.39, 0.29) is 51.5 Å². The van der Waals surface area contributed by atoms with Gasteiger partial charge in [-0.1, -0.05) is 44.2 Å². The molecule has 0 unspecified atom stereocenters. The van der Waals surface area contributed by atoms with E-state index in [2.05, 4.69) is 32.2 Å². The van der Waals surface area contributed by atoms with Crippen LogP contribution < -0.4 is 11.1 Å². The molecule has 0 radical (unpaired) electrons. The Morgan fingerprint density at radius 2 is 1.87 bits per heavy atom. The van der Waals surface area contributed by atoms with Gasteiger partial charge in [0.25, 0.3) is 5.78 Å². The molecule has 0 saturated heterocycles. The minimum Gasteiger partial charge on any atom is -0.366 e. The number of anilines is 1. The van der Waals surface area contributed by atoms with Gasteiger partial charge in [-0.25, -0.2) is 8.78 Å². The largest absolute Gasteiger partial charge is 0.366 e. The molecule has 1 atom stereocenters. The third kappa shape index (κ3) is 5.24. The molecule has 0 spiro atoms. The van der Waals surface area contributed by atoms with Crippen molar-refractivity contribution in [3.05, 3.63) is 40.8 Å². The number of nitrogens with one attached hydrogen (secondary N) is 1. The van der Waals surface area contributed by atoms with Crippen LogP contribution in [-0.4, -0.2) is 32.2 Å². The lowest BCUT2D eigenvalue weighted by atomic mass is 9.88. The summed E-state index contributed by atoms with van der Waals surface area (Å²) in [5.41, 5.74) is 5.22. The van der Waals surface area contributed by atoms with Gasteiger partial charge >= 0.3 is 0 Å². The van der Waals surface area contributed by atoms with Gasteiger partial charge in [0.2, 0.25) is 0 Å². The Balaban J connectivity index is 0.00000341. The Morgan fingerprint density at radius 3 is 2.45 bits per heavy atom. The fourth-order valence-electron chi connectivity index (χ4n) is 2.71. The van der Waals surface area contributed by atoms with Crippen molar-refractivity contribution in [3.63, 3.8) is 0 Å². The number of fused-ring (bicyclic) bond motifs is 1. The van der Waals surface area contributed by atoms with E-state index in [0.717, 1.165) is 0 Å². The molecule has 1 aromatic carbocycles. The van der Waals surface area contributed by atoms with Crippen LogP contribution in [0.2, 0.25) is 5.15 Å². The van der Waals surface area contributed by atoms with Crippen LogP contribution in [-0.2, 0) is 0 Å². The third-order valence-electron chi connectivity index (χ3n) is 4.83. The Bertz CT molecular complexity index is 1120. The maximum absolute atomic E-state index is 15.1. The Morgan fingerprint density at radius 1 is 1.23 bits per heavy atom. The van der Waals surface area contributed by atoms with Crippen molar-refractivity contribution in [2.45, 2.75) is 40.2 Å². The van der Waals surface area contributed by atoms with Crippen molar-refractivity contribution >= 4 is 35.6 Å². The molecule has 3 N–H and O–H groups in total. The zero-order valence-corrected chi connectivity index (χ0v) is 19.2. The first-order chi connectivity index (χ1) is 14.1. The molecule has 0 aliphatic heterocycles. The molecule has 166 valence electrons. The molecule has 3 aromatic rings. The van der Waals surface area contributed by atoms with Crippen molar-refractivity contribution < 1.29 is 8.78 Å². The van der Waals surface area contributed by atoms with Gasteiger partial charge in [0, 0.05) is 24.6 Å². The van der Waals surface area contributed by atoms with Crippen LogP contribution in [0.15, 0.2) is 18.5 Å². The van der Waals surface area contributed by atoms with Crippen LogP contribution in [0.5, 0.6) is 0 Å². The van der Waals surface area contributed by atoms with E-state index in [4.69, 9.17) is 17.3 Å². The predicted octanol–water partition coefficient (Wildman–Crippen LogP) is 4.69. The topological polar surface area (TPSA) is 81.1 Å². The highest BCUT2D eigenvalue weighted by Crippen LogP contribution is 2.39. The van der Waals surface area contributed by atoms with Gasteiger partial charge in [-0.05, 0) is 24.5 Å². The first-order valence-electron chi connectivity index (χ1n) is 9.47. The number of halogens is 4. The molecule has 0 bridgehead atoms. The van der Waals surface area contributed by atoms with Gasteiger partial charge in [-0.15, -0.1) is 12.4 Å². The van der Waals surface area contributed by atoms with E-state index in [1.807, 2.05) is 27.7 Å². The molecular weight excluding hydrogens is 445 g/mol. The zero-order valence-electron chi connectivity index (χ0n) is 17.6. The van der Waals surface area contributed by atoms with Crippen LogP contribution in [0.25, 0.3) is 16.9 Å². The molecule has 10 heteroatoms. The molecule has 0 aliphatic carbocycles. The Hall–Kier alpha value is -2.47. The van der Waals surface area contributed by atoms with Gasteiger partial charge in [0.05, 0.1) is 11.1 Å². The smallest absolute Gasteiger partial charge is 0.255 e. The van der Waals surface area contributed by atoms with E-state index < -0.39 is 11.6 Å². The van der Waals surface area contributed by atoms with E-state index >= 15 is 8.78 Å². The average Bonchev–Trinajstić information content (AvgIpc) is 3.10. The highest BCUT2D eigenvalue weighted by atomic mass is 35.5. The average molecular weight is 469 g/mol. The highest BCUT2D eigenvalue weighted by Gasteiger charge is 2.27. The van der Waals surface area contributed by atoms with Gasteiger partial charge in [-0.3, -0.25) is 0 Å². The number of nitrogens with zero attached hydrogens (tertiary/aromatic N) is 4. The second-order valence-corrected chi connectivity index (χ2v) is 8.34. The fourth-order valence-corrected chi connectivity index (χ4v) is 2.97. The maximum Gasteiger partial charge on any atom is 0.255 e. The molecule has 2 aromatic heterocycles. The van der Waals surface area contributed by atoms with Gasteiger partial charge in [-0.2, -0.15) is 19.6 Å². The fraction of sp³-hybridized carbons (Fsp3) is 0.381. The number of aromatic nitrogens is 4.